The molecule has 0 fully saturated rings. The Bertz CT molecular complexity index is 1360. The summed E-state index contributed by atoms with van der Waals surface area (Å²) in [5, 5.41) is 11.3. The van der Waals surface area contributed by atoms with Gasteiger partial charge in [-0.15, -0.1) is 5.10 Å². The highest BCUT2D eigenvalue weighted by Gasteiger charge is 2.19. The third kappa shape index (κ3) is 3.27. The third-order valence-corrected chi connectivity index (χ3v) is 4.64. The summed E-state index contributed by atoms with van der Waals surface area (Å²) in [4.78, 5) is 12.6. The van der Waals surface area contributed by atoms with Crippen LogP contribution in [0.15, 0.2) is 67.5 Å². The van der Waals surface area contributed by atoms with Gasteiger partial charge in [0.2, 0.25) is 0 Å². The molecule has 0 saturated carbocycles. The van der Waals surface area contributed by atoms with Crippen molar-refractivity contribution in [1.29, 1.82) is 0 Å². The molecule has 5 rings (SSSR count). The highest BCUT2D eigenvalue weighted by molar-refractivity contribution is 5.76. The van der Waals surface area contributed by atoms with E-state index in [2.05, 4.69) is 30.5 Å². The quantitative estimate of drug-likeness (QED) is 0.478. The van der Waals surface area contributed by atoms with Gasteiger partial charge in [0.1, 0.15) is 23.7 Å². The van der Waals surface area contributed by atoms with Crippen LogP contribution in [0.4, 0.5) is 14.6 Å². The molecule has 0 aliphatic heterocycles. The average Bonchev–Trinajstić information content (AvgIpc) is 3.49. The molecule has 0 aliphatic rings. The van der Waals surface area contributed by atoms with E-state index in [1.165, 1.54) is 12.1 Å². The number of rotatable bonds is 4. The zero-order chi connectivity index (χ0) is 21.4. The number of tetrazole rings is 1. The first-order chi connectivity index (χ1) is 15.1. The Morgan fingerprint density at radius 2 is 1.84 bits per heavy atom. The fourth-order valence-electron chi connectivity index (χ4n) is 3.09. The van der Waals surface area contributed by atoms with Crippen LogP contribution >= 0.6 is 0 Å². The van der Waals surface area contributed by atoms with E-state index in [4.69, 9.17) is 5.73 Å². The predicted octanol–water partition coefficient (Wildman–Crippen LogP) is 2.83. The van der Waals surface area contributed by atoms with Gasteiger partial charge >= 0.3 is 0 Å². The number of nitrogen functional groups attached to an aromatic ring is 1. The van der Waals surface area contributed by atoms with Crippen LogP contribution in [0.1, 0.15) is 0 Å². The normalized spacial score (nSPS) is 11.0. The van der Waals surface area contributed by atoms with Crippen LogP contribution in [0.5, 0.6) is 0 Å². The van der Waals surface area contributed by atoms with Crippen molar-refractivity contribution in [3.63, 3.8) is 0 Å². The van der Waals surface area contributed by atoms with Gasteiger partial charge in [0, 0.05) is 35.9 Å². The number of pyridine rings is 2. The Labute approximate surface area is 173 Å². The second kappa shape index (κ2) is 7.37. The van der Waals surface area contributed by atoms with Gasteiger partial charge in [0.25, 0.3) is 0 Å². The number of nitrogens with zero attached hydrogens (tertiary/aromatic N) is 8. The summed E-state index contributed by atoms with van der Waals surface area (Å²) in [7, 11) is 0. The van der Waals surface area contributed by atoms with Gasteiger partial charge in [-0.25, -0.2) is 23.7 Å². The number of benzene rings is 1. The summed E-state index contributed by atoms with van der Waals surface area (Å²) in [5.41, 5.74) is 7.74. The van der Waals surface area contributed by atoms with Gasteiger partial charge in [-0.1, -0.05) is 6.07 Å². The molecule has 0 unspecified atom stereocenters. The van der Waals surface area contributed by atoms with Crippen LogP contribution in [-0.2, 0) is 0 Å². The van der Waals surface area contributed by atoms with Gasteiger partial charge in [-0.3, -0.25) is 4.57 Å². The molecule has 0 radical (unpaired) electrons. The maximum Gasteiger partial charge on any atom is 0.190 e. The smallest absolute Gasteiger partial charge is 0.190 e. The topological polar surface area (TPSA) is 113 Å². The van der Waals surface area contributed by atoms with Crippen molar-refractivity contribution < 1.29 is 8.78 Å². The van der Waals surface area contributed by atoms with Crippen molar-refractivity contribution in [3.8, 4) is 34.0 Å². The number of hydrogen-bond donors (Lipinski definition) is 1. The van der Waals surface area contributed by atoms with Crippen molar-refractivity contribution in [2.75, 3.05) is 5.73 Å². The fraction of sp³-hybridized carbons (Fsp3) is 0. The molecule has 0 saturated heterocycles. The van der Waals surface area contributed by atoms with Gasteiger partial charge in [0.05, 0.1) is 5.56 Å². The molecule has 31 heavy (non-hydrogen) atoms. The standard InChI is InChI=1S/C20H13F2N9/c21-15-2-1-3-16(18(15)22)31-20(27-28-29-31)14-8-13(10-26-19(14)23)12-4-5-17(25-9-12)30-7-6-24-11-30/h1-11H,(H2,23,26). The molecule has 2 N–H and O–H groups in total. The Morgan fingerprint density at radius 3 is 2.61 bits per heavy atom. The molecule has 0 aliphatic carbocycles. The van der Waals surface area contributed by atoms with Gasteiger partial charge < -0.3 is 5.73 Å². The highest BCUT2D eigenvalue weighted by Crippen LogP contribution is 2.30. The molecule has 9 nitrogen and oxygen atoms in total. The van der Waals surface area contributed by atoms with Crippen molar-refractivity contribution in [3.05, 3.63) is 79.1 Å². The molecule has 5 aromatic rings. The van der Waals surface area contributed by atoms with Crippen LogP contribution in [0.25, 0.3) is 34.0 Å². The summed E-state index contributed by atoms with van der Waals surface area (Å²) in [6, 6.07) is 9.17. The maximum atomic E-state index is 14.3. The maximum absolute atomic E-state index is 14.3. The largest absolute Gasteiger partial charge is 0.383 e. The van der Waals surface area contributed by atoms with E-state index in [0.717, 1.165) is 16.3 Å². The zero-order valence-corrected chi connectivity index (χ0v) is 15.8. The number of imidazole rings is 1. The van der Waals surface area contributed by atoms with Crippen LogP contribution in [-0.4, -0.2) is 39.7 Å². The Kier molecular flexibility index (Phi) is 4.40. The Hall–Kier alpha value is -4.54. The highest BCUT2D eigenvalue weighted by atomic mass is 19.2. The number of aromatic nitrogens is 8. The van der Waals surface area contributed by atoms with Gasteiger partial charge in [-0.2, -0.15) is 4.68 Å². The third-order valence-electron chi connectivity index (χ3n) is 4.64. The van der Waals surface area contributed by atoms with E-state index < -0.39 is 11.6 Å². The van der Waals surface area contributed by atoms with E-state index in [1.54, 1.807) is 41.7 Å². The summed E-state index contributed by atoms with van der Waals surface area (Å²) in [5.74, 6) is -1.12. The number of nitrogens with two attached hydrogens (primary N) is 1. The second-order valence-electron chi connectivity index (χ2n) is 6.52. The lowest BCUT2D eigenvalue weighted by atomic mass is 10.1. The van der Waals surface area contributed by atoms with Gasteiger partial charge in [0.15, 0.2) is 17.5 Å². The average molecular weight is 417 g/mol. The van der Waals surface area contributed by atoms with E-state index in [9.17, 15) is 8.78 Å². The molecule has 4 heterocycles. The van der Waals surface area contributed by atoms with Crippen molar-refractivity contribution in [2.24, 2.45) is 0 Å². The molecule has 0 amide bonds. The molecule has 0 atom stereocenters. The molecular formula is C20H13F2N9. The van der Waals surface area contributed by atoms with Crippen molar-refractivity contribution >= 4 is 5.82 Å². The number of halogens is 2. The molecular weight excluding hydrogens is 404 g/mol. The monoisotopic (exact) mass is 417 g/mol. The van der Waals surface area contributed by atoms with Crippen molar-refractivity contribution in [2.45, 2.75) is 0 Å². The van der Waals surface area contributed by atoms with Gasteiger partial charge in [-0.05, 0) is 40.8 Å². The lowest BCUT2D eigenvalue weighted by molar-refractivity contribution is 0.501. The molecule has 0 spiro atoms. The SMILES string of the molecule is Nc1ncc(-c2ccc(-n3ccnc3)nc2)cc1-c1nnnn1-c1cccc(F)c1F. The predicted molar refractivity (Wildman–Crippen MR) is 107 cm³/mol. The van der Waals surface area contributed by atoms with E-state index in [1.807, 2.05) is 12.1 Å². The van der Waals surface area contributed by atoms with Crippen LogP contribution < -0.4 is 5.73 Å². The minimum Gasteiger partial charge on any atom is -0.383 e. The van der Waals surface area contributed by atoms with E-state index >= 15 is 0 Å². The van der Waals surface area contributed by atoms with Crippen LogP contribution in [0.2, 0.25) is 0 Å². The number of hydrogen-bond acceptors (Lipinski definition) is 7. The number of anilines is 1. The fourth-order valence-corrected chi connectivity index (χ4v) is 3.09. The lowest BCUT2D eigenvalue weighted by Gasteiger charge is -2.10. The summed E-state index contributed by atoms with van der Waals surface area (Å²) >= 11 is 0. The molecule has 4 aromatic heterocycles. The first-order valence-corrected chi connectivity index (χ1v) is 9.05. The lowest BCUT2D eigenvalue weighted by Crippen LogP contribution is -2.06. The van der Waals surface area contributed by atoms with E-state index in [0.29, 0.717) is 16.9 Å². The van der Waals surface area contributed by atoms with Crippen molar-refractivity contribution in [1.82, 2.24) is 39.7 Å². The first-order valence-electron chi connectivity index (χ1n) is 9.05. The molecule has 0 bridgehead atoms. The summed E-state index contributed by atoms with van der Waals surface area (Å²) in [6.07, 6.45) is 8.37. The van der Waals surface area contributed by atoms with E-state index in [-0.39, 0.29) is 17.3 Å². The van der Waals surface area contributed by atoms with Crippen LogP contribution in [0.3, 0.4) is 0 Å². The zero-order valence-electron chi connectivity index (χ0n) is 15.8. The van der Waals surface area contributed by atoms with Crippen LogP contribution in [0, 0.1) is 11.6 Å². The second-order valence-corrected chi connectivity index (χ2v) is 6.52. The minimum absolute atomic E-state index is 0.124. The summed E-state index contributed by atoms with van der Waals surface area (Å²) in [6.45, 7) is 0. The minimum atomic E-state index is -1.07. The molecule has 152 valence electrons. The Balaban J connectivity index is 1.56. The Morgan fingerprint density at radius 1 is 0.968 bits per heavy atom. The summed E-state index contributed by atoms with van der Waals surface area (Å²) < 4.78 is 30.9. The first kappa shape index (κ1) is 18.5. The molecule has 1 aromatic carbocycles. The molecule has 11 heteroatoms.